The lowest BCUT2D eigenvalue weighted by atomic mass is 10.2. The zero-order chi connectivity index (χ0) is 13.9. The maximum Gasteiger partial charge on any atom is 0.250 e. The van der Waals surface area contributed by atoms with Gasteiger partial charge in [-0.2, -0.15) is 4.68 Å². The minimum Gasteiger partial charge on any atom is -0.368 e. The fourth-order valence-corrected chi connectivity index (χ4v) is 2.24. The number of tetrazole rings is 1. The van der Waals surface area contributed by atoms with E-state index in [1.165, 1.54) is 0 Å². The van der Waals surface area contributed by atoms with Crippen molar-refractivity contribution in [1.82, 2.24) is 25.5 Å². The molecule has 1 aromatic carbocycles. The topological polar surface area (TPSA) is 102 Å². The molecule has 3 N–H and O–H groups in total. The summed E-state index contributed by atoms with van der Waals surface area (Å²) in [5.74, 6) is 0.248. The summed E-state index contributed by atoms with van der Waals surface area (Å²) in [7, 11) is 0. The molecule has 0 spiro atoms. The fraction of sp³-hybridized carbons (Fsp3) is 0.333. The molecule has 1 fully saturated rings. The predicted octanol–water partition coefficient (Wildman–Crippen LogP) is -1.07. The van der Waals surface area contributed by atoms with E-state index in [0.29, 0.717) is 19.0 Å². The molecule has 20 heavy (non-hydrogen) atoms. The van der Waals surface area contributed by atoms with Crippen LogP contribution in [0.2, 0.25) is 0 Å². The van der Waals surface area contributed by atoms with E-state index in [-0.39, 0.29) is 11.9 Å². The normalized spacial score (nSPS) is 19.0. The van der Waals surface area contributed by atoms with Gasteiger partial charge in [0, 0.05) is 19.6 Å². The van der Waals surface area contributed by atoms with Gasteiger partial charge in [-0.05, 0) is 22.6 Å². The van der Waals surface area contributed by atoms with E-state index in [9.17, 15) is 4.79 Å². The van der Waals surface area contributed by atoms with Crippen LogP contribution in [0, 0.1) is 0 Å². The predicted molar refractivity (Wildman–Crippen MR) is 72.4 cm³/mol. The van der Waals surface area contributed by atoms with Crippen molar-refractivity contribution in [3.8, 4) is 5.69 Å². The van der Waals surface area contributed by atoms with Gasteiger partial charge in [0.2, 0.25) is 11.9 Å². The van der Waals surface area contributed by atoms with E-state index >= 15 is 0 Å². The van der Waals surface area contributed by atoms with Crippen molar-refractivity contribution < 1.29 is 4.79 Å². The summed E-state index contributed by atoms with van der Waals surface area (Å²) < 4.78 is 1.66. The van der Waals surface area contributed by atoms with Crippen molar-refractivity contribution in [3.05, 3.63) is 30.3 Å². The Balaban J connectivity index is 1.88. The summed E-state index contributed by atoms with van der Waals surface area (Å²) >= 11 is 0. The van der Waals surface area contributed by atoms with Crippen molar-refractivity contribution in [2.24, 2.45) is 5.73 Å². The van der Waals surface area contributed by atoms with Crippen LogP contribution < -0.4 is 16.0 Å². The monoisotopic (exact) mass is 273 g/mol. The van der Waals surface area contributed by atoms with Crippen LogP contribution in [0.25, 0.3) is 5.69 Å². The first-order chi connectivity index (χ1) is 9.75. The molecule has 8 nitrogen and oxygen atoms in total. The Kier molecular flexibility index (Phi) is 3.30. The van der Waals surface area contributed by atoms with Crippen molar-refractivity contribution in [2.75, 3.05) is 24.5 Å². The van der Waals surface area contributed by atoms with Gasteiger partial charge in [0.05, 0.1) is 5.69 Å². The zero-order valence-electron chi connectivity index (χ0n) is 10.8. The summed E-state index contributed by atoms with van der Waals surface area (Å²) in [5.41, 5.74) is 6.22. The Labute approximate surface area is 115 Å². The number of anilines is 1. The number of carbonyl (C=O) groups is 1. The molecule has 2 aromatic rings. The maximum atomic E-state index is 11.3. The number of nitrogens with zero attached hydrogens (tertiary/aromatic N) is 5. The number of aromatic nitrogens is 4. The van der Waals surface area contributed by atoms with Gasteiger partial charge in [0.1, 0.15) is 6.04 Å². The van der Waals surface area contributed by atoms with Gasteiger partial charge in [-0.15, -0.1) is 0 Å². The first kappa shape index (κ1) is 12.5. The Hall–Kier alpha value is -2.48. The largest absolute Gasteiger partial charge is 0.368 e. The molecule has 1 aromatic heterocycles. The molecule has 8 heteroatoms. The Morgan fingerprint density at radius 1 is 1.35 bits per heavy atom. The van der Waals surface area contributed by atoms with Crippen LogP contribution >= 0.6 is 0 Å². The second kappa shape index (κ2) is 5.25. The lowest BCUT2D eigenvalue weighted by Gasteiger charge is -2.32. The number of benzene rings is 1. The van der Waals surface area contributed by atoms with Crippen molar-refractivity contribution in [2.45, 2.75) is 6.04 Å². The van der Waals surface area contributed by atoms with Crippen LogP contribution in [0.5, 0.6) is 0 Å². The number of piperazine rings is 1. The van der Waals surface area contributed by atoms with Crippen LogP contribution in [0.15, 0.2) is 30.3 Å². The van der Waals surface area contributed by atoms with E-state index in [2.05, 4.69) is 20.8 Å². The quantitative estimate of drug-likeness (QED) is 0.738. The molecule has 1 unspecified atom stereocenters. The van der Waals surface area contributed by atoms with E-state index in [1.807, 2.05) is 35.2 Å². The Bertz CT molecular complexity index is 597. The van der Waals surface area contributed by atoms with E-state index in [4.69, 9.17) is 5.73 Å². The molecule has 1 atom stereocenters. The highest BCUT2D eigenvalue weighted by Crippen LogP contribution is 2.16. The highest BCUT2D eigenvalue weighted by Gasteiger charge is 2.26. The number of nitrogens with one attached hydrogen (secondary N) is 1. The molecular formula is C12H15N7O. The number of hydrogen-bond donors (Lipinski definition) is 2. The summed E-state index contributed by atoms with van der Waals surface area (Å²) in [6.45, 7) is 1.84. The Morgan fingerprint density at radius 3 is 2.90 bits per heavy atom. The van der Waals surface area contributed by atoms with Crippen LogP contribution in [0.3, 0.4) is 0 Å². The molecule has 0 radical (unpaired) electrons. The van der Waals surface area contributed by atoms with Crippen LogP contribution in [-0.2, 0) is 4.79 Å². The van der Waals surface area contributed by atoms with E-state index < -0.39 is 0 Å². The van der Waals surface area contributed by atoms with Crippen LogP contribution in [-0.4, -0.2) is 51.8 Å². The SMILES string of the molecule is NC(=O)C1CN(c2nnnn2-c2ccccc2)CCN1. The van der Waals surface area contributed by atoms with Gasteiger partial charge in [-0.25, -0.2) is 0 Å². The lowest BCUT2D eigenvalue weighted by molar-refractivity contribution is -0.120. The minimum atomic E-state index is -0.385. The van der Waals surface area contributed by atoms with Crippen LogP contribution in [0.1, 0.15) is 0 Å². The van der Waals surface area contributed by atoms with E-state index in [1.54, 1.807) is 4.68 Å². The molecule has 2 heterocycles. The molecule has 1 saturated heterocycles. The molecular weight excluding hydrogens is 258 g/mol. The Morgan fingerprint density at radius 2 is 2.15 bits per heavy atom. The summed E-state index contributed by atoms with van der Waals surface area (Å²) in [6, 6.07) is 9.24. The number of nitrogens with two attached hydrogens (primary N) is 1. The molecule has 1 aliphatic heterocycles. The van der Waals surface area contributed by atoms with Gasteiger partial charge in [0.15, 0.2) is 0 Å². The third-order valence-corrected chi connectivity index (χ3v) is 3.26. The first-order valence-electron chi connectivity index (χ1n) is 6.37. The van der Waals surface area contributed by atoms with Crippen LogP contribution in [0.4, 0.5) is 5.95 Å². The summed E-state index contributed by atoms with van der Waals surface area (Å²) in [5, 5.41) is 14.9. The maximum absolute atomic E-state index is 11.3. The molecule has 0 aliphatic carbocycles. The fourth-order valence-electron chi connectivity index (χ4n) is 2.24. The standard InChI is InChI=1S/C12H15N7O/c13-11(20)10-8-18(7-6-14-10)12-15-16-17-19(12)9-4-2-1-3-5-9/h1-5,10,14H,6-8H2,(H2,13,20). The number of para-hydroxylation sites is 1. The highest BCUT2D eigenvalue weighted by atomic mass is 16.1. The van der Waals surface area contributed by atoms with Crippen molar-refractivity contribution in [3.63, 3.8) is 0 Å². The average molecular weight is 273 g/mol. The molecule has 1 aliphatic rings. The number of carbonyl (C=O) groups excluding carboxylic acids is 1. The highest BCUT2D eigenvalue weighted by molar-refractivity contribution is 5.80. The lowest BCUT2D eigenvalue weighted by Crippen LogP contribution is -2.56. The first-order valence-corrected chi connectivity index (χ1v) is 6.37. The second-order valence-corrected chi connectivity index (χ2v) is 4.58. The number of amides is 1. The average Bonchev–Trinajstić information content (AvgIpc) is 2.98. The molecule has 0 bridgehead atoms. The van der Waals surface area contributed by atoms with Gasteiger partial charge in [-0.1, -0.05) is 23.3 Å². The third-order valence-electron chi connectivity index (χ3n) is 3.26. The zero-order valence-corrected chi connectivity index (χ0v) is 10.8. The number of rotatable bonds is 3. The number of hydrogen-bond acceptors (Lipinski definition) is 6. The van der Waals surface area contributed by atoms with Gasteiger partial charge in [-0.3, -0.25) is 4.79 Å². The van der Waals surface area contributed by atoms with Gasteiger partial charge in [0.25, 0.3) is 0 Å². The summed E-state index contributed by atoms with van der Waals surface area (Å²) in [4.78, 5) is 13.3. The van der Waals surface area contributed by atoms with Gasteiger partial charge < -0.3 is 16.0 Å². The molecule has 0 saturated carbocycles. The number of primary amides is 1. The van der Waals surface area contributed by atoms with E-state index in [0.717, 1.165) is 12.2 Å². The van der Waals surface area contributed by atoms with Crippen molar-refractivity contribution >= 4 is 11.9 Å². The smallest absolute Gasteiger partial charge is 0.250 e. The molecule has 1 amide bonds. The van der Waals surface area contributed by atoms with Gasteiger partial charge >= 0.3 is 0 Å². The molecule has 3 rings (SSSR count). The summed E-state index contributed by atoms with van der Waals surface area (Å²) in [6.07, 6.45) is 0. The minimum absolute atomic E-state index is 0.367. The molecule has 104 valence electrons. The van der Waals surface area contributed by atoms with Crippen molar-refractivity contribution in [1.29, 1.82) is 0 Å². The second-order valence-electron chi connectivity index (χ2n) is 4.58. The third kappa shape index (κ3) is 2.32.